The van der Waals surface area contributed by atoms with Crippen molar-refractivity contribution in [2.45, 2.75) is 42.2 Å². The molecule has 102 valence electrons. The number of rotatable bonds is 4. The van der Waals surface area contributed by atoms with Gasteiger partial charge in [-0.05, 0) is 38.5 Å². The Hall–Kier alpha value is -0.170. The molecule has 0 amide bonds. The van der Waals surface area contributed by atoms with E-state index in [1.165, 1.54) is 17.5 Å². The minimum Gasteiger partial charge on any atom is -0.249 e. The molecule has 1 fully saturated rings. The zero-order valence-electron chi connectivity index (χ0n) is 10.2. The number of halogens is 1. The van der Waals surface area contributed by atoms with Gasteiger partial charge in [0.25, 0.3) is 10.0 Å². The Morgan fingerprint density at radius 2 is 2.11 bits per heavy atom. The van der Waals surface area contributed by atoms with Crippen LogP contribution in [0.1, 0.15) is 30.7 Å². The van der Waals surface area contributed by atoms with Crippen LogP contribution in [0.2, 0.25) is 0 Å². The molecule has 1 saturated carbocycles. The average Bonchev–Trinajstić information content (AvgIpc) is 2.76. The molecule has 4 nitrogen and oxygen atoms in total. The third-order valence-electron chi connectivity index (χ3n) is 3.20. The second-order valence-corrected chi connectivity index (χ2v) is 8.51. The van der Waals surface area contributed by atoms with Crippen LogP contribution in [0.15, 0.2) is 10.4 Å². The molecule has 7 heteroatoms. The van der Waals surface area contributed by atoms with Crippen molar-refractivity contribution in [1.82, 2.24) is 9.71 Å². The highest BCUT2D eigenvalue weighted by Gasteiger charge is 2.23. The molecule has 0 radical (unpaired) electrons. The van der Waals surface area contributed by atoms with E-state index in [4.69, 9.17) is 11.6 Å². The molecule has 1 aliphatic carbocycles. The summed E-state index contributed by atoms with van der Waals surface area (Å²) in [5, 5.41) is 1.03. The van der Waals surface area contributed by atoms with Gasteiger partial charge in [-0.1, -0.05) is 0 Å². The van der Waals surface area contributed by atoms with Crippen LogP contribution in [0, 0.1) is 12.8 Å². The smallest absolute Gasteiger partial charge is 0.249 e. The van der Waals surface area contributed by atoms with E-state index in [0.717, 1.165) is 30.7 Å². The van der Waals surface area contributed by atoms with Gasteiger partial charge < -0.3 is 0 Å². The van der Waals surface area contributed by atoms with Crippen molar-refractivity contribution < 1.29 is 8.42 Å². The number of hydrogen-bond donors (Lipinski definition) is 1. The second-order valence-electron chi connectivity index (χ2n) is 4.67. The van der Waals surface area contributed by atoms with Crippen LogP contribution < -0.4 is 4.72 Å². The Labute approximate surface area is 117 Å². The molecule has 1 N–H and O–H groups in total. The molecule has 0 aromatic carbocycles. The number of aryl methyl sites for hydroxylation is 1. The first-order chi connectivity index (χ1) is 8.47. The maximum Gasteiger partial charge on any atom is 0.251 e. The molecular formula is C11H17ClN2O2S2. The SMILES string of the molecule is Cc1ncc(S(=O)(=O)NCC2CCC(Cl)CC2)s1. The number of sulfonamides is 1. The second kappa shape index (κ2) is 5.86. The highest BCUT2D eigenvalue weighted by molar-refractivity contribution is 7.91. The highest BCUT2D eigenvalue weighted by Crippen LogP contribution is 2.27. The Morgan fingerprint density at radius 1 is 1.44 bits per heavy atom. The lowest BCUT2D eigenvalue weighted by atomic mass is 9.89. The molecule has 0 unspecified atom stereocenters. The topological polar surface area (TPSA) is 59.1 Å². The molecule has 0 aliphatic heterocycles. The summed E-state index contributed by atoms with van der Waals surface area (Å²) in [6, 6.07) is 0. The zero-order chi connectivity index (χ0) is 13.2. The van der Waals surface area contributed by atoms with E-state index in [9.17, 15) is 8.42 Å². The van der Waals surface area contributed by atoms with Gasteiger partial charge in [0.15, 0.2) is 4.21 Å². The van der Waals surface area contributed by atoms with Gasteiger partial charge >= 0.3 is 0 Å². The molecule has 2 rings (SSSR count). The summed E-state index contributed by atoms with van der Waals surface area (Å²) in [5.74, 6) is 0.406. The van der Waals surface area contributed by atoms with Crippen LogP contribution in [0.25, 0.3) is 0 Å². The van der Waals surface area contributed by atoms with Crippen LogP contribution in [0.5, 0.6) is 0 Å². The summed E-state index contributed by atoms with van der Waals surface area (Å²) < 4.78 is 26.9. The van der Waals surface area contributed by atoms with Crippen molar-refractivity contribution in [1.29, 1.82) is 0 Å². The average molecular weight is 309 g/mol. The molecule has 18 heavy (non-hydrogen) atoms. The van der Waals surface area contributed by atoms with Crippen LogP contribution >= 0.6 is 22.9 Å². The zero-order valence-corrected chi connectivity index (χ0v) is 12.6. The van der Waals surface area contributed by atoms with Crippen molar-refractivity contribution in [2.24, 2.45) is 5.92 Å². The lowest BCUT2D eigenvalue weighted by molar-refractivity contribution is 0.361. The van der Waals surface area contributed by atoms with Crippen molar-refractivity contribution in [3.05, 3.63) is 11.2 Å². The maximum absolute atomic E-state index is 12.0. The fraction of sp³-hybridized carbons (Fsp3) is 0.727. The Balaban J connectivity index is 1.90. The summed E-state index contributed by atoms with van der Waals surface area (Å²) in [4.78, 5) is 3.97. The van der Waals surface area contributed by atoms with E-state index in [1.54, 1.807) is 6.92 Å². The molecule has 1 heterocycles. The third-order valence-corrected chi connectivity index (χ3v) is 6.44. The number of alkyl halides is 1. The van der Waals surface area contributed by atoms with E-state index < -0.39 is 10.0 Å². The third kappa shape index (κ3) is 3.66. The first-order valence-electron chi connectivity index (χ1n) is 6.03. The van der Waals surface area contributed by atoms with Gasteiger partial charge in [0, 0.05) is 11.9 Å². The summed E-state index contributed by atoms with van der Waals surface area (Å²) in [5.41, 5.74) is 0. The molecule has 0 spiro atoms. The lowest BCUT2D eigenvalue weighted by Crippen LogP contribution is -2.31. The summed E-state index contributed by atoms with van der Waals surface area (Å²) in [6.07, 6.45) is 5.37. The predicted molar refractivity (Wildman–Crippen MR) is 73.6 cm³/mol. The summed E-state index contributed by atoms with van der Waals surface area (Å²) in [6.45, 7) is 2.30. The monoisotopic (exact) mass is 308 g/mol. The van der Waals surface area contributed by atoms with Gasteiger partial charge in [0.1, 0.15) is 0 Å². The summed E-state index contributed by atoms with van der Waals surface area (Å²) in [7, 11) is -3.38. The molecule has 0 atom stereocenters. The molecule has 0 saturated heterocycles. The van der Waals surface area contributed by atoms with Crippen LogP contribution in [0.4, 0.5) is 0 Å². The van der Waals surface area contributed by atoms with Gasteiger partial charge in [-0.25, -0.2) is 18.1 Å². The minimum atomic E-state index is -3.38. The normalized spacial score (nSPS) is 25.2. The number of nitrogens with one attached hydrogen (secondary N) is 1. The van der Waals surface area contributed by atoms with E-state index in [2.05, 4.69) is 9.71 Å². The molecule has 1 aromatic heterocycles. The van der Waals surface area contributed by atoms with E-state index in [1.807, 2.05) is 0 Å². The lowest BCUT2D eigenvalue weighted by Gasteiger charge is -2.24. The van der Waals surface area contributed by atoms with Crippen molar-refractivity contribution >= 4 is 33.0 Å². The van der Waals surface area contributed by atoms with Crippen molar-refractivity contribution in [3.63, 3.8) is 0 Å². The molecular weight excluding hydrogens is 292 g/mol. The van der Waals surface area contributed by atoms with Gasteiger partial charge in [-0.3, -0.25) is 0 Å². The molecule has 0 bridgehead atoms. The van der Waals surface area contributed by atoms with Gasteiger partial charge in [0.05, 0.1) is 11.2 Å². The highest BCUT2D eigenvalue weighted by atomic mass is 35.5. The largest absolute Gasteiger partial charge is 0.251 e. The minimum absolute atomic E-state index is 0.266. The quantitative estimate of drug-likeness (QED) is 0.870. The van der Waals surface area contributed by atoms with Gasteiger partial charge in [-0.15, -0.1) is 22.9 Å². The van der Waals surface area contributed by atoms with Crippen molar-refractivity contribution in [3.8, 4) is 0 Å². The summed E-state index contributed by atoms with van der Waals surface area (Å²) >= 11 is 7.22. The van der Waals surface area contributed by atoms with E-state index in [0.29, 0.717) is 16.7 Å². The first-order valence-corrected chi connectivity index (χ1v) is 8.77. The van der Waals surface area contributed by atoms with Gasteiger partial charge in [0.2, 0.25) is 0 Å². The van der Waals surface area contributed by atoms with Crippen molar-refractivity contribution in [2.75, 3.05) is 6.54 Å². The Morgan fingerprint density at radius 3 is 2.67 bits per heavy atom. The van der Waals surface area contributed by atoms with Gasteiger partial charge in [-0.2, -0.15) is 0 Å². The number of nitrogens with zero attached hydrogens (tertiary/aromatic N) is 1. The fourth-order valence-corrected chi connectivity index (χ4v) is 4.61. The Bertz CT molecular complexity index is 493. The molecule has 1 aliphatic rings. The number of hydrogen-bond acceptors (Lipinski definition) is 4. The Kier molecular flexibility index (Phi) is 4.64. The van der Waals surface area contributed by atoms with Crippen LogP contribution in [-0.2, 0) is 10.0 Å². The maximum atomic E-state index is 12.0. The van der Waals surface area contributed by atoms with E-state index in [-0.39, 0.29) is 5.38 Å². The number of aromatic nitrogens is 1. The number of thiazole rings is 1. The van der Waals surface area contributed by atoms with Crippen LogP contribution in [0.3, 0.4) is 0 Å². The standard InChI is InChI=1S/C11H17ClN2O2S2/c1-8-13-7-11(17-8)18(15,16)14-6-9-2-4-10(12)5-3-9/h7,9-10,14H,2-6H2,1H3. The molecule has 1 aromatic rings. The predicted octanol–water partition coefficient (Wildman–Crippen LogP) is 2.53. The van der Waals surface area contributed by atoms with E-state index >= 15 is 0 Å². The first kappa shape index (κ1) is 14.2. The van der Waals surface area contributed by atoms with Crippen LogP contribution in [-0.4, -0.2) is 25.3 Å². The fourth-order valence-electron chi connectivity index (χ4n) is 2.09.